The zero-order chi connectivity index (χ0) is 20.3. The lowest BCUT2D eigenvalue weighted by molar-refractivity contribution is -0.116. The van der Waals surface area contributed by atoms with E-state index in [2.05, 4.69) is 52.0 Å². The van der Waals surface area contributed by atoms with E-state index in [1.54, 1.807) is 0 Å². The number of carbonyl (C=O) groups is 1. The van der Waals surface area contributed by atoms with Gasteiger partial charge in [-0.05, 0) is 81.1 Å². The second-order valence-corrected chi connectivity index (χ2v) is 7.59. The predicted octanol–water partition coefficient (Wildman–Crippen LogP) is 2.88. The Morgan fingerprint density at radius 2 is 2.03 bits per heavy atom. The van der Waals surface area contributed by atoms with E-state index in [0.29, 0.717) is 0 Å². The number of aryl methyl sites for hydroxylation is 2. The molecule has 3 aromatic rings. The van der Waals surface area contributed by atoms with Crippen LogP contribution in [0.25, 0.3) is 16.8 Å². The van der Waals surface area contributed by atoms with Crippen molar-refractivity contribution in [2.45, 2.75) is 38.2 Å². The smallest absolute Gasteiger partial charge is 0.230 e. The molecule has 0 atom stereocenters. The van der Waals surface area contributed by atoms with Gasteiger partial charge >= 0.3 is 0 Å². The normalized spacial score (nSPS) is 17.0. The summed E-state index contributed by atoms with van der Waals surface area (Å²) < 4.78 is 8.63. The maximum atomic E-state index is 8.81. The first kappa shape index (κ1) is 19.4. The summed E-state index contributed by atoms with van der Waals surface area (Å²) in [6.07, 6.45) is 8.53. The van der Waals surface area contributed by atoms with Gasteiger partial charge in [0.2, 0.25) is 6.41 Å². The van der Waals surface area contributed by atoms with E-state index in [1.807, 2.05) is 12.4 Å². The van der Waals surface area contributed by atoms with Crippen LogP contribution in [0.1, 0.15) is 30.5 Å². The number of hydroxylamine groups is 1. The van der Waals surface area contributed by atoms with Crippen molar-refractivity contribution in [3.05, 3.63) is 54.0 Å². The van der Waals surface area contributed by atoms with Crippen LogP contribution in [-0.4, -0.2) is 39.7 Å². The van der Waals surface area contributed by atoms with Crippen molar-refractivity contribution in [2.75, 3.05) is 13.1 Å². The summed E-state index contributed by atoms with van der Waals surface area (Å²) in [5.74, 6) is 1.08. The standard InChI is InChI=1S/C21H23N3O.CH3NO2/c1-15-18(3-5-20-23-12-13-24(15)20)16-2-4-19-17(14-16)6-7-21(25-19)8-10-22-11-9-21;3-1-2-4/h2-5,12-14,22H,6-11H2,1H3;1,4H,(H,2,3). The van der Waals surface area contributed by atoms with Crippen LogP contribution in [0.5, 0.6) is 5.75 Å². The molecule has 1 amide bonds. The number of pyridine rings is 1. The van der Waals surface area contributed by atoms with Gasteiger partial charge in [-0.1, -0.05) is 6.07 Å². The summed E-state index contributed by atoms with van der Waals surface area (Å²) >= 11 is 0. The molecule has 1 saturated heterocycles. The minimum absolute atomic E-state index is 0.0609. The maximum absolute atomic E-state index is 8.81. The highest BCUT2D eigenvalue weighted by Gasteiger charge is 2.37. The van der Waals surface area contributed by atoms with E-state index >= 15 is 0 Å². The molecule has 2 aliphatic heterocycles. The third-order valence-corrected chi connectivity index (χ3v) is 5.93. The minimum atomic E-state index is 0.0609. The van der Waals surface area contributed by atoms with Gasteiger partial charge in [0.1, 0.15) is 17.0 Å². The number of aromatic nitrogens is 2. The van der Waals surface area contributed by atoms with Gasteiger partial charge in [-0.15, -0.1) is 0 Å². The lowest BCUT2D eigenvalue weighted by Crippen LogP contribution is -2.48. The highest BCUT2D eigenvalue weighted by molar-refractivity contribution is 5.70. The lowest BCUT2D eigenvalue weighted by atomic mass is 9.83. The molecule has 0 unspecified atom stereocenters. The molecule has 1 fully saturated rings. The van der Waals surface area contributed by atoms with Gasteiger partial charge in [-0.2, -0.15) is 0 Å². The Kier molecular flexibility index (Phi) is 5.51. The second kappa shape index (κ2) is 8.23. The molecule has 152 valence electrons. The molecule has 2 aliphatic rings. The molecule has 3 N–H and O–H groups in total. The molecule has 0 saturated carbocycles. The summed E-state index contributed by atoms with van der Waals surface area (Å²) in [5.41, 5.74) is 7.39. The van der Waals surface area contributed by atoms with Crippen LogP contribution < -0.4 is 15.5 Å². The van der Waals surface area contributed by atoms with Crippen LogP contribution in [0, 0.1) is 6.92 Å². The maximum Gasteiger partial charge on any atom is 0.230 e. The fourth-order valence-electron chi connectivity index (χ4n) is 4.36. The van der Waals surface area contributed by atoms with Crippen LogP contribution in [0.15, 0.2) is 42.7 Å². The number of amides is 1. The number of rotatable bonds is 2. The molecule has 29 heavy (non-hydrogen) atoms. The topological polar surface area (TPSA) is 87.9 Å². The van der Waals surface area contributed by atoms with E-state index in [4.69, 9.17) is 14.7 Å². The lowest BCUT2D eigenvalue weighted by Gasteiger charge is -2.41. The number of nitrogens with one attached hydrogen (secondary N) is 2. The first-order valence-electron chi connectivity index (χ1n) is 9.95. The number of imidazole rings is 1. The molecule has 7 heteroatoms. The van der Waals surface area contributed by atoms with Gasteiger partial charge in [0.05, 0.1) is 0 Å². The number of fused-ring (bicyclic) bond motifs is 2. The van der Waals surface area contributed by atoms with Gasteiger partial charge in [0.15, 0.2) is 0 Å². The van der Waals surface area contributed by atoms with Crippen molar-refractivity contribution >= 4 is 12.1 Å². The van der Waals surface area contributed by atoms with Gasteiger partial charge in [-0.3, -0.25) is 10.0 Å². The van der Waals surface area contributed by atoms with Gasteiger partial charge in [0.25, 0.3) is 0 Å². The van der Waals surface area contributed by atoms with Crippen molar-refractivity contribution in [3.8, 4) is 16.9 Å². The quantitative estimate of drug-likeness (QED) is 0.353. The van der Waals surface area contributed by atoms with Crippen LogP contribution in [0.4, 0.5) is 0 Å². The first-order valence-corrected chi connectivity index (χ1v) is 9.95. The number of carbonyl (C=O) groups excluding carboxylic acids is 1. The molecule has 7 nitrogen and oxygen atoms in total. The number of piperidine rings is 1. The van der Waals surface area contributed by atoms with Crippen LogP contribution >= 0.6 is 0 Å². The fraction of sp³-hybridized carbons (Fsp3) is 0.364. The van der Waals surface area contributed by atoms with Crippen molar-refractivity contribution in [3.63, 3.8) is 0 Å². The molecule has 4 heterocycles. The van der Waals surface area contributed by atoms with Crippen molar-refractivity contribution < 1.29 is 14.7 Å². The monoisotopic (exact) mass is 394 g/mol. The zero-order valence-corrected chi connectivity index (χ0v) is 16.5. The van der Waals surface area contributed by atoms with E-state index < -0.39 is 0 Å². The second-order valence-electron chi connectivity index (χ2n) is 7.59. The van der Waals surface area contributed by atoms with E-state index in [-0.39, 0.29) is 12.0 Å². The Morgan fingerprint density at radius 1 is 1.24 bits per heavy atom. The van der Waals surface area contributed by atoms with Crippen LogP contribution in [-0.2, 0) is 11.2 Å². The molecule has 2 aromatic heterocycles. The van der Waals surface area contributed by atoms with Crippen molar-refractivity contribution in [2.24, 2.45) is 0 Å². The van der Waals surface area contributed by atoms with Gasteiger partial charge in [-0.25, -0.2) is 10.5 Å². The number of ether oxygens (including phenoxy) is 1. The van der Waals surface area contributed by atoms with Gasteiger partial charge < -0.3 is 14.5 Å². The summed E-state index contributed by atoms with van der Waals surface area (Å²) in [6, 6.07) is 10.9. The van der Waals surface area contributed by atoms with Crippen LogP contribution in [0.3, 0.4) is 0 Å². The van der Waals surface area contributed by atoms with Crippen molar-refractivity contribution in [1.82, 2.24) is 20.2 Å². The largest absolute Gasteiger partial charge is 0.487 e. The van der Waals surface area contributed by atoms with E-state index in [1.165, 1.54) is 27.9 Å². The van der Waals surface area contributed by atoms with Gasteiger partial charge in [0, 0.05) is 23.7 Å². The third-order valence-electron chi connectivity index (χ3n) is 5.93. The summed E-state index contributed by atoms with van der Waals surface area (Å²) in [6.45, 7) is 4.29. The third kappa shape index (κ3) is 3.83. The Morgan fingerprint density at radius 3 is 2.79 bits per heavy atom. The number of hydrogen-bond acceptors (Lipinski definition) is 5. The molecule has 1 spiro atoms. The highest BCUT2D eigenvalue weighted by atomic mass is 16.5. The average Bonchev–Trinajstić information content (AvgIpc) is 3.24. The Bertz CT molecular complexity index is 1010. The average molecular weight is 394 g/mol. The predicted molar refractivity (Wildman–Crippen MR) is 110 cm³/mol. The Hall–Kier alpha value is -2.90. The number of nitrogens with zero attached hydrogens (tertiary/aromatic N) is 2. The SMILES string of the molecule is Cc1c(-c2ccc3c(c2)CCC2(CCNCC2)O3)ccc2nccn12.O=CNO. The number of hydrogen-bond donors (Lipinski definition) is 3. The highest BCUT2D eigenvalue weighted by Crippen LogP contribution is 2.40. The number of benzene rings is 1. The minimum Gasteiger partial charge on any atom is -0.487 e. The summed E-state index contributed by atoms with van der Waals surface area (Å²) in [7, 11) is 0. The first-order chi connectivity index (χ1) is 14.2. The van der Waals surface area contributed by atoms with E-state index in [9.17, 15) is 0 Å². The molecular formula is C22H26N4O3. The van der Waals surface area contributed by atoms with Crippen molar-refractivity contribution in [1.29, 1.82) is 0 Å². The summed E-state index contributed by atoms with van der Waals surface area (Å²) in [4.78, 5) is 13.2. The van der Waals surface area contributed by atoms with Crippen LogP contribution in [0.2, 0.25) is 0 Å². The molecule has 5 rings (SSSR count). The molecular weight excluding hydrogens is 368 g/mol. The molecule has 1 aromatic carbocycles. The molecule has 0 bridgehead atoms. The molecule has 0 radical (unpaired) electrons. The Labute approximate surface area is 169 Å². The summed E-state index contributed by atoms with van der Waals surface area (Å²) in [5, 5.41) is 10.7. The van der Waals surface area contributed by atoms with E-state index in [0.717, 1.165) is 50.2 Å². The fourth-order valence-corrected chi connectivity index (χ4v) is 4.36. The Balaban J connectivity index is 0.000000472. The zero-order valence-electron chi connectivity index (χ0n) is 16.5. The molecule has 0 aliphatic carbocycles.